The number of oxime groups is 1. The Morgan fingerprint density at radius 3 is 0.822 bits per heavy atom. The fraction of sp³-hybridized carbons (Fsp3) is 0.846. The highest BCUT2D eigenvalue weighted by atomic mass is 16.8. The highest BCUT2D eigenvalue weighted by Crippen LogP contribution is 2.39. The van der Waals surface area contributed by atoms with E-state index in [0.29, 0.717) is 11.3 Å². The zero-order valence-corrected chi connectivity index (χ0v) is 47.3. The lowest BCUT2D eigenvalue weighted by Gasteiger charge is -2.50. The average molecular weight is 1310 g/mol. The van der Waals surface area contributed by atoms with Crippen molar-refractivity contribution in [1.82, 2.24) is 5.32 Å². The molecule has 22 heterocycles. The largest absolute Gasteiger partial charge is 0.394 e. The quantitative estimate of drug-likeness (QED) is 0.103. The van der Waals surface area contributed by atoms with Gasteiger partial charge in [0.15, 0.2) is 44.0 Å². The summed E-state index contributed by atoms with van der Waals surface area (Å²) in [6.45, 7) is -7.11. The Morgan fingerprint density at radius 1 is 0.344 bits per heavy atom. The molecular formula is C52H78N2O36. The number of rotatable bonds is 10. The summed E-state index contributed by atoms with van der Waals surface area (Å²) in [4.78, 5) is 19.1. The van der Waals surface area contributed by atoms with Crippen molar-refractivity contribution in [3.05, 3.63) is 35.9 Å². The minimum absolute atomic E-state index is 0.0266. The van der Waals surface area contributed by atoms with Crippen molar-refractivity contribution >= 4 is 11.6 Å². The summed E-state index contributed by atoms with van der Waals surface area (Å²) in [6, 6.07) is 8.69. The summed E-state index contributed by atoms with van der Waals surface area (Å²) in [6.07, 6.45) is -72.9. The molecule has 512 valence electrons. The molecule has 1 amide bonds. The van der Waals surface area contributed by atoms with E-state index in [2.05, 4.69) is 10.5 Å². The number of amides is 1. The Hall–Kier alpha value is -3.20. The molecule has 22 aliphatic heterocycles. The van der Waals surface area contributed by atoms with Crippen LogP contribution in [0.15, 0.2) is 35.5 Å². The van der Waals surface area contributed by atoms with Crippen LogP contribution in [0.2, 0.25) is 0 Å². The average Bonchev–Trinajstić information content (AvgIpc) is 1.04. The molecule has 0 aliphatic carbocycles. The Morgan fingerprint density at radius 2 is 0.578 bits per heavy atom. The number of carbonyl (C=O) groups excluding carboxylic acids is 1. The lowest BCUT2D eigenvalue weighted by atomic mass is 9.95. The van der Waals surface area contributed by atoms with Gasteiger partial charge >= 0.3 is 0 Å². The molecule has 1 unspecified atom stereocenters. The summed E-state index contributed by atoms with van der Waals surface area (Å²) < 4.78 is 81.2. The topological polar surface area (TPSA) is 585 Å². The van der Waals surface area contributed by atoms with E-state index in [-0.39, 0.29) is 6.42 Å². The monoisotopic (exact) mass is 1310 g/mol. The summed E-state index contributed by atoms with van der Waals surface area (Å²) in [5.74, 6) is -0.806. The van der Waals surface area contributed by atoms with E-state index >= 15 is 0 Å². The number of aliphatic hydroxyl groups is 20. The molecule has 0 aromatic heterocycles. The van der Waals surface area contributed by atoms with Gasteiger partial charge in [-0.1, -0.05) is 35.5 Å². The molecule has 0 saturated carbocycles. The van der Waals surface area contributed by atoms with Crippen LogP contribution in [-0.2, 0) is 75.9 Å². The van der Waals surface area contributed by atoms with Crippen LogP contribution in [0.1, 0.15) is 12.0 Å². The third-order valence-corrected chi connectivity index (χ3v) is 17.1. The zero-order chi connectivity index (χ0) is 64.7. The SMILES string of the molecule is O=C(NC[C@H]1O[C@@H]2O[C@H]3[C@H](O)[C@@H](O)[C@@H](O[C@H]4[C@H](O)[C@@H](O)[C@@H](O[C@H]5[C@H](O)[C@@H](O)[C@@H](O[C@H]6[C@H](O)[C@@H](O)[C@@H](O[C@H]7[C@H](O)[C@@H](O)[C@@H](O[C@H]8[C@H](O)[C@@H](O)[C@@H](O[C@H]1[C@H](O)[C@H]2O)O[C@@H]8CO)O[C@@H]7CO)O[C@@H]6CO)O[C@@H]5CO)O[C@@H]4CO)O[C@@H]3CO)C1CC(c2ccccc2)=NO1. The number of aliphatic hydroxyl groups excluding tert-OH is 20. The Kier molecular flexibility index (Phi) is 23.1. The van der Waals surface area contributed by atoms with Crippen molar-refractivity contribution in [2.75, 3.05) is 46.2 Å². The van der Waals surface area contributed by atoms with E-state index in [1.165, 1.54) is 0 Å². The van der Waals surface area contributed by atoms with Gasteiger partial charge in [0.25, 0.3) is 5.91 Å². The third-order valence-electron chi connectivity index (χ3n) is 17.1. The van der Waals surface area contributed by atoms with Gasteiger partial charge in [0, 0.05) is 13.0 Å². The third kappa shape index (κ3) is 13.9. The molecule has 38 heteroatoms. The van der Waals surface area contributed by atoms with E-state index in [0.717, 1.165) is 0 Å². The second-order valence-corrected chi connectivity index (χ2v) is 22.9. The van der Waals surface area contributed by atoms with Crippen LogP contribution < -0.4 is 5.32 Å². The zero-order valence-electron chi connectivity index (χ0n) is 47.3. The van der Waals surface area contributed by atoms with Crippen molar-refractivity contribution in [1.29, 1.82) is 0 Å². The van der Waals surface area contributed by atoms with Crippen molar-refractivity contribution < 1.29 is 178 Å². The molecule has 36 atom stereocenters. The van der Waals surface area contributed by atoms with E-state index in [9.17, 15) is 107 Å². The number of hydrogen-bond donors (Lipinski definition) is 21. The van der Waals surface area contributed by atoms with Gasteiger partial charge in [-0.15, -0.1) is 0 Å². The van der Waals surface area contributed by atoms with Gasteiger partial charge in [-0.25, -0.2) is 0 Å². The molecule has 21 N–H and O–H groups in total. The molecule has 90 heavy (non-hydrogen) atoms. The lowest BCUT2D eigenvalue weighted by Crippen LogP contribution is -2.68. The molecule has 21 fully saturated rings. The van der Waals surface area contributed by atoms with Crippen molar-refractivity contribution in [2.45, 2.75) is 227 Å². The number of nitrogens with one attached hydrogen (secondary N) is 1. The van der Waals surface area contributed by atoms with Crippen LogP contribution in [0, 0.1) is 0 Å². The van der Waals surface area contributed by atoms with E-state index in [1.54, 1.807) is 30.3 Å². The highest BCUT2D eigenvalue weighted by Gasteiger charge is 2.60. The first-order valence-corrected chi connectivity index (χ1v) is 29.0. The van der Waals surface area contributed by atoms with Crippen LogP contribution in [0.4, 0.5) is 0 Å². The number of carbonyl (C=O) groups is 1. The van der Waals surface area contributed by atoms with Gasteiger partial charge in [-0.3, -0.25) is 4.79 Å². The maximum absolute atomic E-state index is 13.7. The molecule has 0 radical (unpaired) electrons. The summed E-state index contributed by atoms with van der Waals surface area (Å²) >= 11 is 0. The number of hydrogen-bond acceptors (Lipinski definition) is 37. The lowest BCUT2D eigenvalue weighted by molar-refractivity contribution is -0.396. The van der Waals surface area contributed by atoms with Crippen molar-refractivity contribution in [3.63, 3.8) is 0 Å². The second-order valence-electron chi connectivity index (χ2n) is 22.9. The first kappa shape index (κ1) is 69.6. The van der Waals surface area contributed by atoms with Crippen LogP contribution in [0.5, 0.6) is 0 Å². The van der Waals surface area contributed by atoms with Gasteiger partial charge in [-0.2, -0.15) is 0 Å². The minimum Gasteiger partial charge on any atom is -0.394 e. The van der Waals surface area contributed by atoms with E-state index in [4.69, 9.17) is 71.2 Å². The second kappa shape index (κ2) is 29.8. The molecular weight excluding hydrogens is 1230 g/mol. The van der Waals surface area contributed by atoms with Crippen LogP contribution in [0.3, 0.4) is 0 Å². The Balaban J connectivity index is 0.935. The maximum atomic E-state index is 13.7. The van der Waals surface area contributed by atoms with Crippen LogP contribution in [-0.4, -0.2) is 381 Å². The van der Waals surface area contributed by atoms with Crippen molar-refractivity contribution in [3.8, 4) is 0 Å². The minimum atomic E-state index is -2.28. The summed E-state index contributed by atoms with van der Waals surface area (Å²) in [5.41, 5.74) is 1.05. The highest BCUT2D eigenvalue weighted by molar-refractivity contribution is 6.04. The molecule has 1 aromatic carbocycles. The van der Waals surface area contributed by atoms with Crippen LogP contribution in [0.25, 0.3) is 0 Å². The van der Waals surface area contributed by atoms with Gasteiger partial charge in [-0.05, 0) is 5.56 Å². The van der Waals surface area contributed by atoms with Gasteiger partial charge < -0.3 is 179 Å². The first-order chi connectivity index (χ1) is 43.0. The van der Waals surface area contributed by atoms with E-state index in [1.807, 2.05) is 0 Å². The molecule has 14 bridgehead atoms. The standard InChI is InChI=1S/C52H78N2O36/c55-8-18-39-26(63)33(70)48(78-18)86-41-20(10-57)80-50(35(72)28(41)65)88-43-22(12-59)82-52(37(74)30(43)67)89-44-23(13-60)81-51(36(73)29(44)66)87-42-21(11-58)79-49(34(71)27(42)64)85-40-19(9-56)77-47(32(69)25(40)62)83-38-17(76-46(84-39)31(68)24(38)61)7-53-45(75)16-6-15(54-90-16)14-4-2-1-3-5-14/h1-5,16-44,46-52,55-74H,6-13H2,(H,53,75)/t16?,17-,18-,19-,20-,21-,22-,23-,24-,25-,26-,27-,28-,29-,30-,31-,32-,33-,34-,35-,36-,37-,38-,39-,40-,41-,42-,43-,44-,46-,47-,48-,49-,50-,51-,52-/m1/s1. The predicted octanol–water partition coefficient (Wildman–Crippen LogP) is -13.9. The molecule has 22 aliphatic rings. The number of benzene rings is 1. The van der Waals surface area contributed by atoms with Crippen molar-refractivity contribution in [2.24, 2.45) is 5.16 Å². The normalized spacial score (nSPS) is 50.5. The smallest absolute Gasteiger partial charge is 0.264 e. The maximum Gasteiger partial charge on any atom is 0.264 e. The number of ether oxygens (including phenoxy) is 14. The first-order valence-electron chi connectivity index (χ1n) is 29.0. The van der Waals surface area contributed by atoms with Gasteiger partial charge in [0.2, 0.25) is 6.10 Å². The summed E-state index contributed by atoms with van der Waals surface area (Å²) in [5, 5.41) is 231. The molecule has 1 aromatic rings. The van der Waals surface area contributed by atoms with E-state index < -0.39 is 273 Å². The van der Waals surface area contributed by atoms with Gasteiger partial charge in [0.05, 0.1) is 45.4 Å². The molecule has 23 rings (SSSR count). The van der Waals surface area contributed by atoms with Gasteiger partial charge in [0.1, 0.15) is 171 Å². The summed E-state index contributed by atoms with van der Waals surface area (Å²) in [7, 11) is 0. The Labute approximate surface area is 508 Å². The molecule has 21 saturated heterocycles. The molecule has 0 spiro atoms. The molecule has 38 nitrogen and oxygen atoms in total. The fourth-order valence-electron chi connectivity index (χ4n) is 12.1. The predicted molar refractivity (Wildman–Crippen MR) is 277 cm³/mol. The van der Waals surface area contributed by atoms with Crippen LogP contribution >= 0.6 is 0 Å². The Bertz CT molecular complexity index is 2470. The number of nitrogens with zero attached hydrogens (tertiary/aromatic N) is 1. The fourth-order valence-corrected chi connectivity index (χ4v) is 12.1.